The van der Waals surface area contributed by atoms with Gasteiger partial charge in [0.25, 0.3) is 0 Å². The lowest BCUT2D eigenvalue weighted by Crippen LogP contribution is -2.33. The van der Waals surface area contributed by atoms with Crippen molar-refractivity contribution in [3.8, 4) is 11.6 Å². The number of amidine groups is 1. The molecule has 0 saturated carbocycles. The molecule has 0 aliphatic carbocycles. The van der Waals surface area contributed by atoms with Gasteiger partial charge in [0, 0.05) is 29.9 Å². The standard InChI is InChI=1S/C23H25N5O3/c1-30-18-12-19(28-20(13-18)31-2)21(23(29)26-14-15-6-4-3-5-7-15)27-17-10-8-16(9-11-17)22(24)25/h3-13,21,27H,14H2,1-2H3,(H3,24,25)(H,26,29)/t21-/m0/s1. The molecule has 0 unspecified atom stereocenters. The fraction of sp³-hybridized carbons (Fsp3) is 0.174. The van der Waals surface area contributed by atoms with Gasteiger partial charge in [-0.25, -0.2) is 4.98 Å². The topological polar surface area (TPSA) is 122 Å². The van der Waals surface area contributed by atoms with Crippen LogP contribution in [0.2, 0.25) is 0 Å². The van der Waals surface area contributed by atoms with Gasteiger partial charge in [-0.1, -0.05) is 30.3 Å². The Morgan fingerprint density at radius 2 is 1.77 bits per heavy atom. The molecule has 8 heteroatoms. The SMILES string of the molecule is COc1cc(OC)nc([C@H](Nc2ccc(C(=N)N)cc2)C(=O)NCc2ccccc2)c1. The van der Waals surface area contributed by atoms with Crippen LogP contribution in [-0.4, -0.2) is 30.9 Å². The number of carbonyl (C=O) groups excluding carboxylic acids is 1. The van der Waals surface area contributed by atoms with Gasteiger partial charge in [-0.15, -0.1) is 0 Å². The van der Waals surface area contributed by atoms with Crippen molar-refractivity contribution in [1.29, 1.82) is 5.41 Å². The zero-order valence-electron chi connectivity index (χ0n) is 17.4. The molecule has 0 saturated heterocycles. The summed E-state index contributed by atoms with van der Waals surface area (Å²) in [5, 5.41) is 13.7. The molecule has 31 heavy (non-hydrogen) atoms. The van der Waals surface area contributed by atoms with E-state index < -0.39 is 6.04 Å². The third-order valence-electron chi connectivity index (χ3n) is 4.61. The van der Waals surface area contributed by atoms with Gasteiger partial charge >= 0.3 is 0 Å². The van der Waals surface area contributed by atoms with Crippen molar-refractivity contribution in [3.63, 3.8) is 0 Å². The van der Waals surface area contributed by atoms with Crippen LogP contribution in [0.25, 0.3) is 0 Å². The Kier molecular flexibility index (Phi) is 7.05. The van der Waals surface area contributed by atoms with Gasteiger partial charge in [-0.3, -0.25) is 10.2 Å². The molecule has 1 amide bonds. The molecule has 0 radical (unpaired) electrons. The monoisotopic (exact) mass is 419 g/mol. The number of nitrogens with zero attached hydrogens (tertiary/aromatic N) is 1. The van der Waals surface area contributed by atoms with E-state index in [2.05, 4.69) is 15.6 Å². The molecule has 2 aromatic carbocycles. The molecule has 0 aliphatic rings. The number of nitrogens with two attached hydrogens (primary N) is 1. The zero-order valence-corrected chi connectivity index (χ0v) is 17.4. The second kappa shape index (κ2) is 10.1. The minimum absolute atomic E-state index is 0.0251. The van der Waals surface area contributed by atoms with Crippen LogP contribution in [0.4, 0.5) is 5.69 Å². The van der Waals surface area contributed by atoms with Gasteiger partial charge in [0.1, 0.15) is 17.6 Å². The third kappa shape index (κ3) is 5.72. The Balaban J connectivity index is 1.89. The van der Waals surface area contributed by atoms with Crippen molar-refractivity contribution in [2.75, 3.05) is 19.5 Å². The maximum atomic E-state index is 13.1. The fourth-order valence-corrected chi connectivity index (χ4v) is 2.94. The molecule has 0 spiro atoms. The van der Waals surface area contributed by atoms with Gasteiger partial charge < -0.3 is 25.8 Å². The highest BCUT2D eigenvalue weighted by molar-refractivity contribution is 5.95. The van der Waals surface area contributed by atoms with Crippen LogP contribution in [0.1, 0.15) is 22.9 Å². The molecular weight excluding hydrogens is 394 g/mol. The van der Waals surface area contributed by atoms with Gasteiger partial charge in [-0.2, -0.15) is 0 Å². The van der Waals surface area contributed by atoms with E-state index in [1.54, 1.807) is 36.4 Å². The zero-order chi connectivity index (χ0) is 22.2. The van der Waals surface area contributed by atoms with E-state index in [1.807, 2.05) is 30.3 Å². The number of benzene rings is 2. The van der Waals surface area contributed by atoms with Crippen molar-refractivity contribution in [2.45, 2.75) is 12.6 Å². The van der Waals surface area contributed by atoms with Crippen molar-refractivity contribution in [2.24, 2.45) is 5.73 Å². The minimum atomic E-state index is -0.809. The molecule has 5 N–H and O–H groups in total. The van der Waals surface area contributed by atoms with E-state index >= 15 is 0 Å². The van der Waals surface area contributed by atoms with Crippen molar-refractivity contribution >= 4 is 17.4 Å². The van der Waals surface area contributed by atoms with Gasteiger partial charge in [0.05, 0.1) is 19.9 Å². The number of nitrogen functional groups attached to an aromatic ring is 1. The van der Waals surface area contributed by atoms with E-state index in [1.165, 1.54) is 14.2 Å². The van der Waals surface area contributed by atoms with E-state index in [0.29, 0.717) is 35.1 Å². The summed E-state index contributed by atoms with van der Waals surface area (Å²) in [5.74, 6) is 0.575. The first-order valence-electron chi connectivity index (χ1n) is 9.62. The van der Waals surface area contributed by atoms with Crippen LogP contribution >= 0.6 is 0 Å². The number of nitrogens with one attached hydrogen (secondary N) is 3. The largest absolute Gasteiger partial charge is 0.496 e. The van der Waals surface area contributed by atoms with Crippen LogP contribution < -0.4 is 25.8 Å². The molecule has 8 nitrogen and oxygen atoms in total. The maximum Gasteiger partial charge on any atom is 0.249 e. The van der Waals surface area contributed by atoms with E-state index in [0.717, 1.165) is 5.56 Å². The summed E-state index contributed by atoms with van der Waals surface area (Å²) in [4.78, 5) is 17.6. The molecular formula is C23H25N5O3. The summed E-state index contributed by atoms with van der Waals surface area (Å²) in [5.41, 5.74) is 8.22. The smallest absolute Gasteiger partial charge is 0.249 e. The first-order chi connectivity index (χ1) is 15.0. The molecule has 160 valence electrons. The summed E-state index contributed by atoms with van der Waals surface area (Å²) >= 11 is 0. The number of aromatic nitrogens is 1. The van der Waals surface area contributed by atoms with Gasteiger partial charge in [-0.05, 0) is 29.8 Å². The Morgan fingerprint density at radius 3 is 2.39 bits per heavy atom. The first kappa shape index (κ1) is 21.6. The highest BCUT2D eigenvalue weighted by Gasteiger charge is 2.24. The van der Waals surface area contributed by atoms with Gasteiger partial charge in [0.2, 0.25) is 11.8 Å². The normalized spacial score (nSPS) is 11.3. The van der Waals surface area contributed by atoms with Crippen LogP contribution in [0, 0.1) is 5.41 Å². The van der Waals surface area contributed by atoms with Crippen LogP contribution in [0.3, 0.4) is 0 Å². The van der Waals surface area contributed by atoms with Crippen molar-refractivity contribution < 1.29 is 14.3 Å². The van der Waals surface area contributed by atoms with E-state index in [-0.39, 0.29) is 11.7 Å². The van der Waals surface area contributed by atoms with E-state index in [9.17, 15) is 4.79 Å². The number of rotatable bonds is 9. The highest BCUT2D eigenvalue weighted by Crippen LogP contribution is 2.26. The summed E-state index contributed by atoms with van der Waals surface area (Å²) in [6.07, 6.45) is 0. The lowest BCUT2D eigenvalue weighted by atomic mass is 10.1. The number of anilines is 1. The number of carbonyl (C=O) groups is 1. The predicted molar refractivity (Wildman–Crippen MR) is 119 cm³/mol. The Labute approximate surface area is 180 Å². The number of hydrogen-bond acceptors (Lipinski definition) is 6. The molecule has 0 fully saturated rings. The van der Waals surface area contributed by atoms with E-state index in [4.69, 9.17) is 20.6 Å². The van der Waals surface area contributed by atoms with Crippen LogP contribution in [0.15, 0.2) is 66.7 Å². The summed E-state index contributed by atoms with van der Waals surface area (Å²) in [6, 6.07) is 19.1. The van der Waals surface area contributed by atoms with Crippen LogP contribution in [0.5, 0.6) is 11.6 Å². The number of amides is 1. The van der Waals surface area contributed by atoms with Gasteiger partial charge in [0.15, 0.2) is 0 Å². The second-order valence-electron chi connectivity index (χ2n) is 6.75. The molecule has 1 aromatic heterocycles. The third-order valence-corrected chi connectivity index (χ3v) is 4.61. The van der Waals surface area contributed by atoms with Crippen molar-refractivity contribution in [1.82, 2.24) is 10.3 Å². The number of pyridine rings is 1. The number of ether oxygens (including phenoxy) is 2. The highest BCUT2D eigenvalue weighted by atomic mass is 16.5. The summed E-state index contributed by atoms with van der Waals surface area (Å²) < 4.78 is 10.6. The quantitative estimate of drug-likeness (QED) is 0.312. The minimum Gasteiger partial charge on any atom is -0.496 e. The molecule has 0 bridgehead atoms. The fourth-order valence-electron chi connectivity index (χ4n) is 2.94. The average molecular weight is 419 g/mol. The molecule has 0 aliphatic heterocycles. The Bertz CT molecular complexity index is 1020. The lowest BCUT2D eigenvalue weighted by Gasteiger charge is -2.20. The lowest BCUT2D eigenvalue weighted by molar-refractivity contribution is -0.122. The predicted octanol–water partition coefficient (Wildman–Crippen LogP) is 2.85. The maximum absolute atomic E-state index is 13.1. The summed E-state index contributed by atoms with van der Waals surface area (Å²) in [7, 11) is 3.04. The molecule has 3 rings (SSSR count). The second-order valence-corrected chi connectivity index (χ2v) is 6.75. The molecule has 1 heterocycles. The number of hydrogen-bond donors (Lipinski definition) is 4. The molecule has 1 atom stereocenters. The van der Waals surface area contributed by atoms with Crippen molar-refractivity contribution in [3.05, 3.63) is 83.6 Å². The Hall–Kier alpha value is -4.07. The average Bonchev–Trinajstić information content (AvgIpc) is 2.81. The molecule has 3 aromatic rings. The summed E-state index contributed by atoms with van der Waals surface area (Å²) in [6.45, 7) is 0.377. The van der Waals surface area contributed by atoms with Crippen LogP contribution in [-0.2, 0) is 11.3 Å². The number of methoxy groups -OCH3 is 2. The Morgan fingerprint density at radius 1 is 1.06 bits per heavy atom. The first-order valence-corrected chi connectivity index (χ1v) is 9.62.